The van der Waals surface area contributed by atoms with E-state index >= 15 is 0 Å². The van der Waals surface area contributed by atoms with Crippen LogP contribution in [0, 0.1) is 0 Å². The molecule has 28 heteroatoms. The van der Waals surface area contributed by atoms with Crippen molar-refractivity contribution in [2.45, 2.75) is 255 Å². The number of carbonyl (C=O) groups is 11. The van der Waals surface area contributed by atoms with Crippen LogP contribution in [0.2, 0.25) is 0 Å². The number of hydrogen-bond donors (Lipinski definition) is 8. The molecule has 132 heavy (non-hydrogen) atoms. The maximum Gasteiger partial charge on any atom is 0.410 e. The molecule has 0 saturated carbocycles. The fourth-order valence-corrected chi connectivity index (χ4v) is 17.4. The zero-order chi connectivity index (χ0) is 90.8. The number of carboxylic acids is 3. The first kappa shape index (κ1) is 108. The molecule has 0 aromatic heterocycles. The van der Waals surface area contributed by atoms with Gasteiger partial charge in [0.2, 0.25) is 0 Å². The van der Waals surface area contributed by atoms with E-state index in [1.54, 1.807) is 64.9 Å². The van der Waals surface area contributed by atoms with Gasteiger partial charge in [-0.3, -0.25) is 19.2 Å². The number of amides is 6. The van der Waals surface area contributed by atoms with E-state index in [1.165, 1.54) is 0 Å². The van der Waals surface area contributed by atoms with Crippen molar-refractivity contribution in [2.75, 3.05) is 39.4 Å². The van der Waals surface area contributed by atoms with Crippen molar-refractivity contribution in [1.82, 2.24) is 36.0 Å². The Morgan fingerprint density at radius 1 is 0.356 bits per heavy atom. The van der Waals surface area contributed by atoms with Gasteiger partial charge in [0, 0.05) is 94.2 Å². The Morgan fingerprint density at radius 3 is 0.909 bits per heavy atom. The number of benzene rings is 8. The third kappa shape index (κ3) is 25.6. The number of esters is 2. The van der Waals surface area contributed by atoms with E-state index in [1.807, 2.05) is 196 Å². The number of nitrogens with two attached hydrogens (primary N) is 1. The fraction of sp³-hybridized carbons (Fsp3) is 0.433. The van der Waals surface area contributed by atoms with Crippen molar-refractivity contribution in [2.24, 2.45) is 5.73 Å². The summed E-state index contributed by atoms with van der Waals surface area (Å²) in [6.07, 6.45) is 4.58. The molecule has 0 bridgehead atoms. The van der Waals surface area contributed by atoms with Crippen LogP contribution in [0.15, 0.2) is 170 Å². The summed E-state index contributed by atoms with van der Waals surface area (Å²) in [6.45, 7) is 24.4. The van der Waals surface area contributed by atoms with E-state index < -0.39 is 87.0 Å². The summed E-state index contributed by atoms with van der Waals surface area (Å²) in [7, 11) is 0. The quantitative estimate of drug-likeness (QED) is 0.0392. The maximum absolute atomic E-state index is 13.6. The van der Waals surface area contributed by atoms with Crippen LogP contribution in [0.25, 0.3) is 0 Å². The van der Waals surface area contributed by atoms with Gasteiger partial charge >= 0.3 is 48.1 Å². The number of rotatable bonds is 13. The van der Waals surface area contributed by atoms with Gasteiger partial charge in [-0.05, 0) is 222 Å². The fourth-order valence-electron chi connectivity index (χ4n) is 17.4. The summed E-state index contributed by atoms with van der Waals surface area (Å²) >= 11 is 0. The monoisotopic (exact) mass is 1830 g/mol. The molecule has 712 valence electrons. The van der Waals surface area contributed by atoms with Gasteiger partial charge in [-0.25, -0.2) is 33.6 Å². The van der Waals surface area contributed by atoms with Gasteiger partial charge in [-0.15, -0.1) is 12.4 Å². The summed E-state index contributed by atoms with van der Waals surface area (Å²) < 4.78 is 26.7. The normalized spacial score (nSPS) is 15.7. The highest BCUT2D eigenvalue weighted by molar-refractivity contribution is 6.02. The first-order valence-electron chi connectivity index (χ1n) is 42.9. The van der Waals surface area contributed by atoms with E-state index in [4.69, 9.17) is 29.4 Å². The molecule has 0 spiro atoms. The van der Waals surface area contributed by atoms with Crippen molar-refractivity contribution >= 4 is 78.3 Å². The second-order valence-electron chi connectivity index (χ2n) is 36.3. The highest BCUT2D eigenvalue weighted by atomic mass is 35.5. The van der Waals surface area contributed by atoms with E-state index in [9.17, 15) is 68.1 Å². The van der Waals surface area contributed by atoms with Crippen molar-refractivity contribution < 1.29 is 91.7 Å². The van der Waals surface area contributed by atoms with Crippen molar-refractivity contribution in [3.05, 3.63) is 281 Å². The molecule has 6 amide bonds. The Hall–Kier alpha value is -12.5. The number of ether oxygens (including phenoxy) is 5. The third-order valence-corrected chi connectivity index (χ3v) is 23.5. The highest BCUT2D eigenvalue weighted by Gasteiger charge is 2.50. The number of nitrogens with zero attached hydrogens (tertiary/aromatic N) is 3. The van der Waals surface area contributed by atoms with Gasteiger partial charge in [-0.1, -0.05) is 183 Å². The van der Waals surface area contributed by atoms with Crippen LogP contribution >= 0.6 is 12.4 Å². The number of carbonyl (C=O) groups excluding carboxylic acids is 8. The zero-order valence-corrected chi connectivity index (χ0v) is 74.7. The van der Waals surface area contributed by atoms with E-state index in [2.05, 4.69) is 21.3 Å². The van der Waals surface area contributed by atoms with Crippen LogP contribution < -0.4 is 27.0 Å². The lowest BCUT2D eigenvalue weighted by Gasteiger charge is -2.33. The third-order valence-electron chi connectivity index (χ3n) is 23.5. The smallest absolute Gasteiger partial charge is 0.410 e. The van der Waals surface area contributed by atoms with Gasteiger partial charge in [0.1, 0.15) is 39.0 Å². The van der Waals surface area contributed by atoms with Crippen LogP contribution in [0.3, 0.4) is 0 Å². The lowest BCUT2D eigenvalue weighted by Crippen LogP contribution is -2.56. The van der Waals surface area contributed by atoms with Gasteiger partial charge < -0.3 is 80.7 Å². The standard InChI is InChI=1S/C27H32N2O5.C25H28N2O5.C20H20N2O3.C15H19NO4.C12H15NO2.5CH4.ClH/c1-5-33-24(31)27(15-19-9-6-7-10-20(19)16-27)28-23(30)21-12-8-11-18-13-14-29(17-22(18)21)25(32)34-26(2,3)4;1-24(2,3)32-23(31)27-12-11-16-9-6-10-19(20(16)15-27)21(28)26-25(22(29)30)13-17-7-4-5-8-18(17)14-25;23-18(16-7-3-6-13-8-9-21-12-17(13)16)22-20(19(24)25)10-14-4-1-2-5-15(14)11-20;1-15(2,3)20-14(19)16-8-7-10-5-4-6-11(13(17)18)12(10)9-16;1-2-15-11(14)12(13)7-9-5-3-4-6-10(9)8-12;;;;;;/h6-12H,5,13-17H2,1-4H3,(H,28,30);4-10H,11-15H2,1-3H3,(H,26,28)(H,29,30);1-7,21H,8-12H2,(H,22,23)(H,24,25);4-6H,7-9H2,1-3H3,(H,17,18);3-6H,2,7-8,13H2,1H3;5*1H4;1H. The number of fused-ring (bicyclic) bond motifs is 8. The Kier molecular flexibility index (Phi) is 37.0. The number of hydrogen-bond acceptors (Lipinski definition) is 18. The van der Waals surface area contributed by atoms with Gasteiger partial charge in [0.05, 0.1) is 38.4 Å². The van der Waals surface area contributed by atoms with Crippen LogP contribution in [0.5, 0.6) is 0 Å². The molecule has 4 aliphatic carbocycles. The molecule has 4 aliphatic heterocycles. The molecule has 0 radical (unpaired) electrons. The van der Waals surface area contributed by atoms with E-state index in [-0.39, 0.29) is 112 Å². The molecule has 9 N–H and O–H groups in total. The van der Waals surface area contributed by atoms with E-state index in [0.717, 1.165) is 96.4 Å². The molecular formula is C104H135ClN8O19. The second-order valence-corrected chi connectivity index (χ2v) is 36.3. The predicted molar refractivity (Wildman–Crippen MR) is 512 cm³/mol. The topological polar surface area (TPSA) is 378 Å². The van der Waals surface area contributed by atoms with Crippen LogP contribution in [-0.4, -0.2) is 174 Å². The number of carboxylic acid groups (broad SMARTS) is 3. The molecule has 0 fully saturated rings. The SMILES string of the molecule is C.C.C.C.C.CC(C)(C)OC(=O)N1CCc2cccc(C(=O)NC3(C(=O)O)Cc4ccccc4C3)c2C1.CC(C)(C)OC(=O)N1CCc2cccc(C(=O)O)c2C1.CCOC(=O)C1(N)Cc2ccccc2C1.CCOC(=O)C1(NC(=O)c2cccc3c2CN(C(=O)OC(C)(C)C)CC3)Cc2ccccc2C1.Cl.O=C(NC1(C(=O)O)Cc2ccccc2C1)c1cccc2c1CNCC2. The summed E-state index contributed by atoms with van der Waals surface area (Å²) in [5, 5.41) is 41.0. The first-order valence-corrected chi connectivity index (χ1v) is 42.9. The highest BCUT2D eigenvalue weighted by Crippen LogP contribution is 2.38. The second kappa shape index (κ2) is 45.1. The number of aliphatic carboxylic acids is 2. The van der Waals surface area contributed by atoms with Gasteiger partial charge in [0.15, 0.2) is 0 Å². The lowest BCUT2D eigenvalue weighted by atomic mass is 9.92. The largest absolute Gasteiger partial charge is 0.479 e. The lowest BCUT2D eigenvalue weighted by molar-refractivity contribution is -0.150. The predicted octanol–water partition coefficient (Wildman–Crippen LogP) is 16.2. The summed E-state index contributed by atoms with van der Waals surface area (Å²) in [6, 6.07) is 52.9. The van der Waals surface area contributed by atoms with E-state index in [0.29, 0.717) is 113 Å². The average Bonchev–Trinajstić information content (AvgIpc) is 1.74. The molecule has 8 aromatic rings. The van der Waals surface area contributed by atoms with Gasteiger partial charge in [0.25, 0.3) is 17.7 Å². The molecule has 0 unspecified atom stereocenters. The van der Waals surface area contributed by atoms with Crippen molar-refractivity contribution in [3.63, 3.8) is 0 Å². The molecule has 0 atom stereocenters. The average molecular weight is 1840 g/mol. The van der Waals surface area contributed by atoms with Gasteiger partial charge in [-0.2, -0.15) is 0 Å². The summed E-state index contributed by atoms with van der Waals surface area (Å²) in [4.78, 5) is 142. The van der Waals surface area contributed by atoms with Crippen LogP contribution in [-0.2, 0) is 146 Å². The molecule has 4 heterocycles. The molecule has 27 nitrogen and oxygen atoms in total. The Balaban J connectivity index is 0.000000257. The van der Waals surface area contributed by atoms with Crippen molar-refractivity contribution in [3.8, 4) is 0 Å². The Morgan fingerprint density at radius 2 is 0.614 bits per heavy atom. The van der Waals surface area contributed by atoms with Crippen LogP contribution in [0.1, 0.15) is 244 Å². The Labute approximate surface area is 783 Å². The molecule has 8 aliphatic rings. The molecule has 16 rings (SSSR count). The minimum Gasteiger partial charge on any atom is -0.479 e. The van der Waals surface area contributed by atoms with Crippen molar-refractivity contribution in [1.29, 1.82) is 0 Å². The molecule has 0 saturated heterocycles. The Bertz CT molecular complexity index is 5410. The summed E-state index contributed by atoms with van der Waals surface area (Å²) in [5.41, 5.74) is 16.9. The minimum atomic E-state index is -1.39. The minimum absolute atomic E-state index is 0. The molecule has 8 aromatic carbocycles. The molecular weight excluding hydrogens is 1700 g/mol. The number of aromatic carboxylic acids is 1. The number of halogens is 1. The maximum atomic E-state index is 13.6. The number of nitrogens with one attached hydrogen (secondary N) is 4. The zero-order valence-electron chi connectivity index (χ0n) is 73.9. The first-order chi connectivity index (χ1) is 59.7. The summed E-state index contributed by atoms with van der Waals surface area (Å²) in [5.74, 6) is -4.82. The van der Waals surface area contributed by atoms with Crippen LogP contribution in [0.4, 0.5) is 14.4 Å².